The average Bonchev–Trinajstić information content (AvgIpc) is 2.52. The second-order valence-corrected chi connectivity index (χ2v) is 5.97. The van der Waals surface area contributed by atoms with Crippen molar-refractivity contribution in [2.24, 2.45) is 5.92 Å². The molecule has 21 heavy (non-hydrogen) atoms. The van der Waals surface area contributed by atoms with Crippen LogP contribution in [0.25, 0.3) is 0 Å². The van der Waals surface area contributed by atoms with Crippen molar-refractivity contribution in [3.63, 3.8) is 0 Å². The number of carbonyl (C=O) groups excluding carboxylic acids is 1. The van der Waals surface area contributed by atoms with E-state index >= 15 is 0 Å². The number of aromatic nitrogens is 1. The van der Waals surface area contributed by atoms with Gasteiger partial charge in [-0.25, -0.2) is 0 Å². The highest BCUT2D eigenvalue weighted by atomic mass is 16.2. The van der Waals surface area contributed by atoms with Gasteiger partial charge >= 0.3 is 0 Å². The number of carbonyl (C=O) groups is 1. The van der Waals surface area contributed by atoms with Gasteiger partial charge < -0.3 is 10.2 Å². The van der Waals surface area contributed by atoms with Crippen LogP contribution in [0.5, 0.6) is 0 Å². The Balaban J connectivity index is 1.92. The fourth-order valence-corrected chi connectivity index (χ4v) is 3.01. The highest BCUT2D eigenvalue weighted by Gasteiger charge is 2.28. The fourth-order valence-electron chi connectivity index (χ4n) is 3.01. The van der Waals surface area contributed by atoms with Crippen LogP contribution >= 0.6 is 0 Å². The molecule has 2 rings (SSSR count). The minimum Gasteiger partial charge on any atom is -0.342 e. The summed E-state index contributed by atoms with van der Waals surface area (Å²) in [6.45, 7) is 6.88. The Labute approximate surface area is 127 Å². The summed E-state index contributed by atoms with van der Waals surface area (Å²) in [5, 5.41) is 3.41. The van der Waals surface area contributed by atoms with Crippen molar-refractivity contribution >= 4 is 5.91 Å². The molecule has 116 valence electrons. The summed E-state index contributed by atoms with van der Waals surface area (Å²) in [6.07, 6.45) is 5.59. The normalized spacial score (nSPS) is 22.0. The van der Waals surface area contributed by atoms with Gasteiger partial charge in [-0.15, -0.1) is 0 Å². The summed E-state index contributed by atoms with van der Waals surface area (Å²) in [6, 6.07) is 6.41. The first-order valence-corrected chi connectivity index (χ1v) is 8.12. The number of hydrogen-bond acceptors (Lipinski definition) is 3. The van der Waals surface area contributed by atoms with Gasteiger partial charge in [-0.05, 0) is 44.9 Å². The van der Waals surface area contributed by atoms with Crippen LogP contribution in [-0.4, -0.2) is 41.5 Å². The third-order valence-corrected chi connectivity index (χ3v) is 4.14. The zero-order valence-electron chi connectivity index (χ0n) is 13.2. The molecule has 1 saturated heterocycles. The summed E-state index contributed by atoms with van der Waals surface area (Å²) >= 11 is 0. The molecule has 2 heterocycles. The van der Waals surface area contributed by atoms with Crippen LogP contribution in [-0.2, 0) is 11.2 Å². The van der Waals surface area contributed by atoms with E-state index in [1.165, 1.54) is 0 Å². The smallest absolute Gasteiger partial charge is 0.225 e. The summed E-state index contributed by atoms with van der Waals surface area (Å²) in [7, 11) is 0. The largest absolute Gasteiger partial charge is 0.342 e. The Morgan fingerprint density at radius 2 is 2.29 bits per heavy atom. The second kappa shape index (κ2) is 8.13. The number of piperidine rings is 1. The van der Waals surface area contributed by atoms with Crippen molar-refractivity contribution in [3.05, 3.63) is 30.1 Å². The van der Waals surface area contributed by atoms with E-state index in [4.69, 9.17) is 0 Å². The molecular weight excluding hydrogens is 262 g/mol. The summed E-state index contributed by atoms with van der Waals surface area (Å²) in [5.41, 5.74) is 1.06. The van der Waals surface area contributed by atoms with E-state index < -0.39 is 0 Å². The van der Waals surface area contributed by atoms with E-state index in [9.17, 15) is 4.79 Å². The lowest BCUT2D eigenvalue weighted by atomic mass is 9.92. The van der Waals surface area contributed by atoms with Crippen molar-refractivity contribution in [1.82, 2.24) is 15.2 Å². The number of pyridine rings is 1. The van der Waals surface area contributed by atoms with Crippen molar-refractivity contribution in [1.29, 1.82) is 0 Å². The maximum absolute atomic E-state index is 12.7. The maximum atomic E-state index is 12.7. The second-order valence-electron chi connectivity index (χ2n) is 5.97. The topological polar surface area (TPSA) is 45.2 Å². The fraction of sp³-hybridized carbons (Fsp3) is 0.647. The molecular formula is C17H27N3O. The molecule has 1 amide bonds. The van der Waals surface area contributed by atoms with E-state index in [0.717, 1.165) is 51.0 Å². The molecule has 0 bridgehead atoms. The van der Waals surface area contributed by atoms with Crippen molar-refractivity contribution in [3.8, 4) is 0 Å². The minimum atomic E-state index is 0.191. The standard InChI is InChI=1S/C17H27N3O/c1-3-11-20(12-8-16-6-4-5-9-19-16)17(21)15-7-10-18-14(2)13-15/h4-6,9,14-15,18H,3,7-8,10-13H2,1-2H3/t14-,15-/m0/s1. The van der Waals surface area contributed by atoms with Gasteiger partial charge in [-0.3, -0.25) is 9.78 Å². The molecule has 1 N–H and O–H groups in total. The number of amides is 1. The molecule has 1 aliphatic rings. The Bertz CT molecular complexity index is 435. The molecule has 0 radical (unpaired) electrons. The maximum Gasteiger partial charge on any atom is 0.225 e. The van der Waals surface area contributed by atoms with Gasteiger partial charge in [0.25, 0.3) is 0 Å². The average molecular weight is 289 g/mol. The van der Waals surface area contributed by atoms with Gasteiger partial charge in [0.2, 0.25) is 5.91 Å². The lowest BCUT2D eigenvalue weighted by Gasteiger charge is -2.32. The van der Waals surface area contributed by atoms with E-state index in [1.807, 2.05) is 29.3 Å². The highest BCUT2D eigenvalue weighted by Crippen LogP contribution is 2.19. The number of nitrogens with one attached hydrogen (secondary N) is 1. The minimum absolute atomic E-state index is 0.191. The number of rotatable bonds is 6. The van der Waals surface area contributed by atoms with Gasteiger partial charge in [-0.1, -0.05) is 13.0 Å². The Kier molecular flexibility index (Phi) is 6.18. The van der Waals surface area contributed by atoms with Gasteiger partial charge in [0.1, 0.15) is 0 Å². The molecule has 1 aromatic heterocycles. The van der Waals surface area contributed by atoms with Gasteiger partial charge in [0.15, 0.2) is 0 Å². The first-order chi connectivity index (χ1) is 10.2. The van der Waals surface area contributed by atoms with E-state index in [2.05, 4.69) is 24.1 Å². The summed E-state index contributed by atoms with van der Waals surface area (Å²) in [5.74, 6) is 0.526. The Morgan fingerprint density at radius 3 is 2.95 bits per heavy atom. The molecule has 0 aromatic carbocycles. The van der Waals surface area contributed by atoms with Crippen molar-refractivity contribution < 1.29 is 4.79 Å². The number of nitrogens with zero attached hydrogens (tertiary/aromatic N) is 2. The van der Waals surface area contributed by atoms with Crippen LogP contribution in [0.2, 0.25) is 0 Å². The quantitative estimate of drug-likeness (QED) is 0.873. The monoisotopic (exact) mass is 289 g/mol. The summed E-state index contributed by atoms with van der Waals surface area (Å²) < 4.78 is 0. The van der Waals surface area contributed by atoms with Crippen LogP contribution in [0, 0.1) is 5.92 Å². The van der Waals surface area contributed by atoms with Crippen LogP contribution in [0.3, 0.4) is 0 Å². The van der Waals surface area contributed by atoms with Gasteiger partial charge in [0.05, 0.1) is 0 Å². The zero-order valence-corrected chi connectivity index (χ0v) is 13.2. The molecule has 4 nitrogen and oxygen atoms in total. The first-order valence-electron chi connectivity index (χ1n) is 8.12. The van der Waals surface area contributed by atoms with Gasteiger partial charge in [0, 0.05) is 43.4 Å². The first kappa shape index (κ1) is 16.0. The third-order valence-electron chi connectivity index (χ3n) is 4.14. The van der Waals surface area contributed by atoms with Crippen molar-refractivity contribution in [2.45, 2.75) is 45.6 Å². The van der Waals surface area contributed by atoms with Crippen LogP contribution in [0.15, 0.2) is 24.4 Å². The predicted molar refractivity (Wildman–Crippen MR) is 85.0 cm³/mol. The van der Waals surface area contributed by atoms with E-state index in [0.29, 0.717) is 11.9 Å². The van der Waals surface area contributed by atoms with E-state index in [1.54, 1.807) is 0 Å². The number of hydrogen-bond donors (Lipinski definition) is 1. The molecule has 1 fully saturated rings. The molecule has 0 unspecified atom stereocenters. The lowest BCUT2D eigenvalue weighted by Crippen LogP contribution is -2.45. The molecule has 2 atom stereocenters. The summed E-state index contributed by atoms with van der Waals surface area (Å²) in [4.78, 5) is 19.1. The van der Waals surface area contributed by atoms with Crippen LogP contribution in [0.1, 0.15) is 38.8 Å². The van der Waals surface area contributed by atoms with Crippen LogP contribution in [0.4, 0.5) is 0 Å². The Hall–Kier alpha value is -1.42. The van der Waals surface area contributed by atoms with Crippen LogP contribution < -0.4 is 5.32 Å². The molecule has 1 aliphatic heterocycles. The van der Waals surface area contributed by atoms with Gasteiger partial charge in [-0.2, -0.15) is 0 Å². The predicted octanol–water partition coefficient (Wildman–Crippen LogP) is 2.25. The molecule has 0 saturated carbocycles. The third kappa shape index (κ3) is 4.81. The molecule has 1 aromatic rings. The van der Waals surface area contributed by atoms with E-state index in [-0.39, 0.29) is 5.92 Å². The molecule has 0 spiro atoms. The zero-order chi connectivity index (χ0) is 15.1. The molecule has 0 aliphatic carbocycles. The Morgan fingerprint density at radius 1 is 1.43 bits per heavy atom. The SMILES string of the molecule is CCCN(CCc1ccccn1)C(=O)[C@H]1CCN[C@@H](C)C1. The van der Waals surface area contributed by atoms with Crippen molar-refractivity contribution in [2.75, 3.05) is 19.6 Å². The highest BCUT2D eigenvalue weighted by molar-refractivity contribution is 5.79. The lowest BCUT2D eigenvalue weighted by molar-refractivity contribution is -0.136. The molecule has 4 heteroatoms.